The van der Waals surface area contributed by atoms with Crippen LogP contribution in [0, 0.1) is 13.8 Å². The summed E-state index contributed by atoms with van der Waals surface area (Å²) in [4.78, 5) is 10.9. The average Bonchev–Trinajstić information content (AvgIpc) is 2.65. The number of carbonyl (C=O) groups is 1. The number of hydrogen-bond acceptors (Lipinski definition) is 5. The molecule has 0 bridgehead atoms. The van der Waals surface area contributed by atoms with Gasteiger partial charge in [-0.15, -0.1) is 10.2 Å². The molecular formula is C12H14N4O2. The molecule has 0 aliphatic heterocycles. The third kappa shape index (κ3) is 2.22. The topological polar surface area (TPSA) is 69.9 Å². The molecule has 0 saturated heterocycles. The van der Waals surface area contributed by atoms with Crippen molar-refractivity contribution in [2.45, 2.75) is 20.4 Å². The van der Waals surface area contributed by atoms with E-state index in [1.54, 1.807) is 17.9 Å². The normalized spacial score (nSPS) is 10.4. The summed E-state index contributed by atoms with van der Waals surface area (Å²) >= 11 is 0. The van der Waals surface area contributed by atoms with E-state index in [2.05, 4.69) is 15.3 Å². The molecule has 2 aromatic rings. The SMILES string of the molecule is COc1ccc(Cn2nc(C)c(C=O)c2C)nn1. The summed E-state index contributed by atoms with van der Waals surface area (Å²) in [7, 11) is 1.54. The van der Waals surface area contributed by atoms with E-state index < -0.39 is 0 Å². The van der Waals surface area contributed by atoms with Gasteiger partial charge in [-0.25, -0.2) is 0 Å². The maximum Gasteiger partial charge on any atom is 0.233 e. The summed E-state index contributed by atoms with van der Waals surface area (Å²) in [6.07, 6.45) is 0.827. The van der Waals surface area contributed by atoms with Crippen molar-refractivity contribution in [1.29, 1.82) is 0 Å². The molecular weight excluding hydrogens is 232 g/mol. The molecule has 0 atom stereocenters. The van der Waals surface area contributed by atoms with Crippen LogP contribution in [-0.4, -0.2) is 33.4 Å². The predicted molar refractivity (Wildman–Crippen MR) is 64.8 cm³/mol. The third-order valence-electron chi connectivity index (χ3n) is 2.77. The first-order valence-electron chi connectivity index (χ1n) is 5.51. The lowest BCUT2D eigenvalue weighted by atomic mass is 10.2. The van der Waals surface area contributed by atoms with E-state index in [-0.39, 0.29) is 0 Å². The minimum atomic E-state index is 0.473. The maximum absolute atomic E-state index is 10.9. The summed E-state index contributed by atoms with van der Waals surface area (Å²) < 4.78 is 6.69. The zero-order valence-corrected chi connectivity index (χ0v) is 10.5. The van der Waals surface area contributed by atoms with Crippen molar-refractivity contribution in [2.75, 3.05) is 7.11 Å². The van der Waals surface area contributed by atoms with Crippen LogP contribution in [0.3, 0.4) is 0 Å². The van der Waals surface area contributed by atoms with Crippen LogP contribution in [-0.2, 0) is 6.54 Å². The molecule has 0 radical (unpaired) electrons. The van der Waals surface area contributed by atoms with Gasteiger partial charge < -0.3 is 4.74 Å². The first kappa shape index (κ1) is 12.2. The second kappa shape index (κ2) is 4.95. The fourth-order valence-corrected chi connectivity index (χ4v) is 1.73. The van der Waals surface area contributed by atoms with E-state index in [9.17, 15) is 4.79 Å². The van der Waals surface area contributed by atoms with Gasteiger partial charge in [-0.1, -0.05) is 0 Å². The number of ether oxygens (including phenoxy) is 1. The molecule has 0 amide bonds. The van der Waals surface area contributed by atoms with Crippen LogP contribution in [0.25, 0.3) is 0 Å². The molecule has 2 heterocycles. The van der Waals surface area contributed by atoms with Crippen molar-refractivity contribution in [2.24, 2.45) is 0 Å². The van der Waals surface area contributed by atoms with Gasteiger partial charge in [0.2, 0.25) is 5.88 Å². The van der Waals surface area contributed by atoms with E-state index in [1.165, 1.54) is 0 Å². The van der Waals surface area contributed by atoms with Gasteiger partial charge in [0.1, 0.15) is 0 Å². The third-order valence-corrected chi connectivity index (χ3v) is 2.77. The van der Waals surface area contributed by atoms with Gasteiger partial charge in [0.25, 0.3) is 0 Å². The highest BCUT2D eigenvalue weighted by Crippen LogP contribution is 2.12. The average molecular weight is 246 g/mol. The smallest absolute Gasteiger partial charge is 0.233 e. The Morgan fingerprint density at radius 3 is 2.61 bits per heavy atom. The summed E-state index contributed by atoms with van der Waals surface area (Å²) in [6, 6.07) is 3.57. The molecule has 0 spiro atoms. The van der Waals surface area contributed by atoms with Crippen LogP contribution < -0.4 is 4.74 Å². The lowest BCUT2D eigenvalue weighted by Crippen LogP contribution is -2.07. The van der Waals surface area contributed by atoms with Crippen LogP contribution in [0.2, 0.25) is 0 Å². The molecule has 6 nitrogen and oxygen atoms in total. The van der Waals surface area contributed by atoms with Crippen LogP contribution in [0.5, 0.6) is 5.88 Å². The fourth-order valence-electron chi connectivity index (χ4n) is 1.73. The minimum Gasteiger partial charge on any atom is -0.480 e. The van der Waals surface area contributed by atoms with Crippen molar-refractivity contribution < 1.29 is 9.53 Å². The minimum absolute atomic E-state index is 0.473. The van der Waals surface area contributed by atoms with Crippen molar-refractivity contribution in [1.82, 2.24) is 20.0 Å². The van der Waals surface area contributed by atoms with Gasteiger partial charge >= 0.3 is 0 Å². The number of rotatable bonds is 4. The van der Waals surface area contributed by atoms with Gasteiger partial charge in [0.15, 0.2) is 6.29 Å². The molecule has 0 aromatic carbocycles. The highest BCUT2D eigenvalue weighted by molar-refractivity contribution is 5.78. The Morgan fingerprint density at radius 2 is 2.11 bits per heavy atom. The summed E-state index contributed by atoms with van der Waals surface area (Å²) in [6.45, 7) is 4.16. The van der Waals surface area contributed by atoms with Gasteiger partial charge in [0.05, 0.1) is 30.6 Å². The van der Waals surface area contributed by atoms with E-state index >= 15 is 0 Å². The Morgan fingerprint density at radius 1 is 1.33 bits per heavy atom. The molecule has 18 heavy (non-hydrogen) atoms. The van der Waals surface area contributed by atoms with Crippen LogP contribution >= 0.6 is 0 Å². The summed E-state index contributed by atoms with van der Waals surface area (Å²) in [5.74, 6) is 0.473. The van der Waals surface area contributed by atoms with Crippen molar-refractivity contribution in [3.63, 3.8) is 0 Å². The molecule has 0 saturated carbocycles. The Bertz CT molecular complexity index is 560. The Labute approximate surface area is 105 Å². The molecule has 0 N–H and O–H groups in total. The zero-order valence-electron chi connectivity index (χ0n) is 10.5. The van der Waals surface area contributed by atoms with Crippen LogP contribution in [0.15, 0.2) is 12.1 Å². The Hall–Kier alpha value is -2.24. The quantitative estimate of drug-likeness (QED) is 0.757. The molecule has 0 unspecified atom stereocenters. The largest absolute Gasteiger partial charge is 0.480 e. The number of aryl methyl sites for hydroxylation is 1. The van der Waals surface area contributed by atoms with Crippen molar-refractivity contribution >= 4 is 6.29 Å². The van der Waals surface area contributed by atoms with E-state index in [0.29, 0.717) is 18.0 Å². The Kier molecular flexibility index (Phi) is 3.36. The second-order valence-electron chi connectivity index (χ2n) is 3.93. The second-order valence-corrected chi connectivity index (χ2v) is 3.93. The van der Waals surface area contributed by atoms with E-state index in [1.807, 2.05) is 19.9 Å². The van der Waals surface area contributed by atoms with Gasteiger partial charge in [-0.3, -0.25) is 9.48 Å². The first-order chi connectivity index (χ1) is 8.65. The van der Waals surface area contributed by atoms with Crippen LogP contribution in [0.4, 0.5) is 0 Å². The van der Waals surface area contributed by atoms with Gasteiger partial charge in [-0.2, -0.15) is 5.10 Å². The Balaban J connectivity index is 2.25. The number of hydrogen-bond donors (Lipinski definition) is 0. The fraction of sp³-hybridized carbons (Fsp3) is 0.333. The number of aldehydes is 1. The highest BCUT2D eigenvalue weighted by Gasteiger charge is 2.11. The number of nitrogens with zero attached hydrogens (tertiary/aromatic N) is 4. The van der Waals surface area contributed by atoms with Crippen LogP contribution in [0.1, 0.15) is 27.4 Å². The van der Waals surface area contributed by atoms with Crippen molar-refractivity contribution in [3.8, 4) is 5.88 Å². The molecule has 94 valence electrons. The predicted octanol–water partition coefficient (Wildman–Crippen LogP) is 1.16. The van der Waals surface area contributed by atoms with E-state index in [4.69, 9.17) is 4.74 Å². The lowest BCUT2D eigenvalue weighted by Gasteiger charge is -2.04. The zero-order chi connectivity index (χ0) is 13.1. The standard InChI is InChI=1S/C12H14N4O2/c1-8-11(7-17)9(2)16(15-8)6-10-4-5-12(18-3)14-13-10/h4-5,7H,6H2,1-3H3. The summed E-state index contributed by atoms with van der Waals surface area (Å²) in [5.41, 5.74) is 2.96. The molecule has 0 aliphatic carbocycles. The number of carbonyl (C=O) groups excluding carboxylic acids is 1. The van der Waals surface area contributed by atoms with Crippen molar-refractivity contribution in [3.05, 3.63) is 34.8 Å². The summed E-state index contributed by atoms with van der Waals surface area (Å²) in [5, 5.41) is 12.2. The number of aromatic nitrogens is 4. The first-order valence-corrected chi connectivity index (χ1v) is 5.51. The van der Waals surface area contributed by atoms with Gasteiger partial charge in [-0.05, 0) is 19.9 Å². The van der Waals surface area contributed by atoms with E-state index in [0.717, 1.165) is 23.4 Å². The molecule has 0 fully saturated rings. The maximum atomic E-state index is 10.9. The monoisotopic (exact) mass is 246 g/mol. The molecule has 2 aromatic heterocycles. The number of methoxy groups -OCH3 is 1. The molecule has 0 aliphatic rings. The molecule has 6 heteroatoms. The molecule has 2 rings (SSSR count). The van der Waals surface area contributed by atoms with Gasteiger partial charge in [0, 0.05) is 11.8 Å². The lowest BCUT2D eigenvalue weighted by molar-refractivity contribution is 0.112. The highest BCUT2D eigenvalue weighted by atomic mass is 16.5.